The summed E-state index contributed by atoms with van der Waals surface area (Å²) in [4.78, 5) is 32.9. The number of benzene rings is 1. The average Bonchev–Trinajstić information content (AvgIpc) is 2.82. The summed E-state index contributed by atoms with van der Waals surface area (Å²) in [6, 6.07) is 5.84. The van der Waals surface area contributed by atoms with Crippen LogP contribution in [0.25, 0.3) is 0 Å². The van der Waals surface area contributed by atoms with E-state index in [0.717, 1.165) is 25.7 Å². The molecule has 0 spiro atoms. The van der Waals surface area contributed by atoms with E-state index in [-0.39, 0.29) is 42.9 Å². The van der Waals surface area contributed by atoms with Crippen molar-refractivity contribution in [1.29, 1.82) is 0 Å². The van der Waals surface area contributed by atoms with Crippen LogP contribution in [0.4, 0.5) is 30.6 Å². The number of amides is 2. The van der Waals surface area contributed by atoms with Crippen molar-refractivity contribution >= 4 is 29.3 Å². The van der Waals surface area contributed by atoms with Gasteiger partial charge in [0.05, 0.1) is 25.0 Å². The van der Waals surface area contributed by atoms with Gasteiger partial charge >= 0.3 is 6.36 Å². The number of para-hydroxylation sites is 1. The molecule has 0 radical (unpaired) electrons. The number of nitrogens with two attached hydrogens (primary N) is 3. The normalized spacial score (nSPS) is 17.8. The Balaban J connectivity index is 1.54. The van der Waals surface area contributed by atoms with E-state index < -0.39 is 18.2 Å². The minimum absolute atomic E-state index is 0.00668. The summed E-state index contributed by atoms with van der Waals surface area (Å²) in [6.07, 6.45) is -0.142. The minimum Gasteiger partial charge on any atom is -0.405 e. The number of carbonyl (C=O) groups excluding carboxylic acids is 2. The average molecular weight is 525 g/mol. The Bertz CT molecular complexity index is 1060. The fraction of sp³-hybridized carbons (Fsp3) is 0.478. The highest BCUT2D eigenvalue weighted by atomic mass is 19.4. The van der Waals surface area contributed by atoms with Crippen LogP contribution in [0.5, 0.6) is 5.75 Å². The number of alkyl halides is 3. The van der Waals surface area contributed by atoms with Crippen LogP contribution in [-0.4, -0.2) is 58.7 Å². The molecule has 0 saturated heterocycles. The van der Waals surface area contributed by atoms with Gasteiger partial charge in [-0.2, -0.15) is 4.98 Å². The first-order valence-corrected chi connectivity index (χ1v) is 11.7. The Labute approximate surface area is 211 Å². The Kier molecular flexibility index (Phi) is 9.33. The van der Waals surface area contributed by atoms with E-state index in [1.807, 2.05) is 0 Å². The maximum Gasteiger partial charge on any atom is 0.573 e. The fourth-order valence-electron chi connectivity index (χ4n) is 4.34. The highest BCUT2D eigenvalue weighted by Crippen LogP contribution is 2.29. The standard InChI is InChI=1S/C23H31F3N8O3/c24-23(25,26)37-18-4-2-1-3-15(18)10-31-22-32-11-17(27)21(33-22)30-9-14-5-7-16(8-6-14)34(12-19(28)35)13-20(29)36/h1-4,11,14,16H,5-10,12-13,27H2,(H2,28,35)(H2,29,36)(H2,30,31,32,33). The molecule has 0 bridgehead atoms. The summed E-state index contributed by atoms with van der Waals surface area (Å²) >= 11 is 0. The van der Waals surface area contributed by atoms with Crippen LogP contribution in [0.2, 0.25) is 0 Å². The third kappa shape index (κ3) is 8.97. The van der Waals surface area contributed by atoms with Crippen LogP contribution >= 0.6 is 0 Å². The highest BCUT2D eigenvalue weighted by Gasteiger charge is 2.32. The summed E-state index contributed by atoms with van der Waals surface area (Å²) in [5, 5.41) is 6.12. The molecule has 8 N–H and O–H groups in total. The number of carbonyl (C=O) groups is 2. The summed E-state index contributed by atoms with van der Waals surface area (Å²) in [5.74, 6) is -0.427. The van der Waals surface area contributed by atoms with Gasteiger partial charge in [0.15, 0.2) is 5.82 Å². The minimum atomic E-state index is -4.80. The van der Waals surface area contributed by atoms with Gasteiger partial charge in [0.1, 0.15) is 5.75 Å². The number of hydrogen-bond donors (Lipinski definition) is 5. The number of ether oxygens (including phenoxy) is 1. The molecule has 1 aliphatic rings. The van der Waals surface area contributed by atoms with Gasteiger partial charge in [-0.05, 0) is 37.7 Å². The van der Waals surface area contributed by atoms with E-state index in [1.54, 1.807) is 11.0 Å². The maximum absolute atomic E-state index is 12.7. The second-order valence-corrected chi connectivity index (χ2v) is 8.90. The lowest BCUT2D eigenvalue weighted by Crippen LogP contribution is -2.47. The molecule has 2 amide bonds. The van der Waals surface area contributed by atoms with E-state index in [9.17, 15) is 22.8 Å². The molecule has 0 unspecified atom stereocenters. The smallest absolute Gasteiger partial charge is 0.405 e. The van der Waals surface area contributed by atoms with Crippen LogP contribution in [0.3, 0.4) is 0 Å². The van der Waals surface area contributed by atoms with Gasteiger partial charge in [0, 0.05) is 24.7 Å². The van der Waals surface area contributed by atoms with Crippen molar-refractivity contribution in [3.8, 4) is 5.75 Å². The Hall–Kier alpha value is -3.81. The second kappa shape index (κ2) is 12.4. The first-order chi connectivity index (χ1) is 17.5. The molecule has 1 aromatic carbocycles. The fourth-order valence-corrected chi connectivity index (χ4v) is 4.34. The number of primary amides is 2. The number of nitrogens with one attached hydrogen (secondary N) is 2. The highest BCUT2D eigenvalue weighted by molar-refractivity contribution is 5.79. The number of nitrogen functional groups attached to an aromatic ring is 1. The van der Waals surface area contributed by atoms with Crippen LogP contribution in [0.15, 0.2) is 30.5 Å². The number of rotatable bonds is 12. The van der Waals surface area contributed by atoms with Gasteiger partial charge in [-0.1, -0.05) is 18.2 Å². The van der Waals surface area contributed by atoms with Gasteiger partial charge in [-0.3, -0.25) is 14.5 Å². The van der Waals surface area contributed by atoms with E-state index in [1.165, 1.54) is 24.4 Å². The van der Waals surface area contributed by atoms with Gasteiger partial charge in [0.25, 0.3) is 0 Å². The second-order valence-electron chi connectivity index (χ2n) is 8.90. The quantitative estimate of drug-likeness (QED) is 0.277. The number of aromatic nitrogens is 2. The van der Waals surface area contributed by atoms with Gasteiger partial charge in [-0.15, -0.1) is 13.2 Å². The van der Waals surface area contributed by atoms with Crippen LogP contribution in [0.1, 0.15) is 31.2 Å². The Morgan fingerprint density at radius 3 is 2.32 bits per heavy atom. The lowest BCUT2D eigenvalue weighted by Gasteiger charge is -2.35. The SMILES string of the molecule is NC(=O)CN(CC(N)=O)C1CCC(CNc2nc(NCc3ccccc3OC(F)(F)F)ncc2N)CC1. The molecule has 0 atom stereocenters. The van der Waals surface area contributed by atoms with Gasteiger partial charge in [0.2, 0.25) is 17.8 Å². The van der Waals surface area contributed by atoms with Crippen LogP contribution in [0, 0.1) is 5.92 Å². The Morgan fingerprint density at radius 2 is 1.70 bits per heavy atom. The molecule has 14 heteroatoms. The molecule has 1 saturated carbocycles. The summed E-state index contributed by atoms with van der Waals surface area (Å²) in [6.45, 7) is 0.557. The van der Waals surface area contributed by atoms with Crippen molar-refractivity contribution in [2.45, 2.75) is 44.6 Å². The molecule has 1 aliphatic carbocycles. The lowest BCUT2D eigenvalue weighted by molar-refractivity contribution is -0.274. The predicted octanol–water partition coefficient (Wildman–Crippen LogP) is 1.81. The zero-order valence-electron chi connectivity index (χ0n) is 20.1. The summed E-state index contributed by atoms with van der Waals surface area (Å²) in [5.41, 5.74) is 17.2. The maximum atomic E-state index is 12.7. The van der Waals surface area contributed by atoms with Gasteiger partial charge < -0.3 is 32.6 Å². The molecular weight excluding hydrogens is 493 g/mol. The Morgan fingerprint density at radius 1 is 1.05 bits per heavy atom. The molecule has 0 aliphatic heterocycles. The van der Waals surface area contributed by atoms with Crippen molar-refractivity contribution in [3.63, 3.8) is 0 Å². The third-order valence-corrected chi connectivity index (χ3v) is 6.06. The summed E-state index contributed by atoms with van der Waals surface area (Å²) < 4.78 is 42.0. The zero-order valence-corrected chi connectivity index (χ0v) is 20.1. The van der Waals surface area contributed by atoms with Gasteiger partial charge in [-0.25, -0.2) is 4.98 Å². The molecule has 11 nitrogen and oxygen atoms in total. The van der Waals surface area contributed by atoms with Crippen LogP contribution in [-0.2, 0) is 16.1 Å². The van der Waals surface area contributed by atoms with E-state index >= 15 is 0 Å². The number of anilines is 3. The third-order valence-electron chi connectivity index (χ3n) is 6.06. The van der Waals surface area contributed by atoms with Crippen molar-refractivity contribution < 1.29 is 27.5 Å². The van der Waals surface area contributed by atoms with Crippen molar-refractivity contribution in [2.24, 2.45) is 17.4 Å². The monoisotopic (exact) mass is 524 g/mol. The number of halogens is 3. The predicted molar refractivity (Wildman–Crippen MR) is 131 cm³/mol. The molecule has 202 valence electrons. The first-order valence-electron chi connectivity index (χ1n) is 11.7. The van der Waals surface area contributed by atoms with Crippen molar-refractivity contribution in [2.75, 3.05) is 36.0 Å². The molecule has 1 aromatic heterocycles. The van der Waals surface area contributed by atoms with Crippen molar-refractivity contribution in [3.05, 3.63) is 36.0 Å². The molecule has 3 rings (SSSR count). The molecule has 1 fully saturated rings. The van der Waals surface area contributed by atoms with E-state index in [4.69, 9.17) is 17.2 Å². The largest absolute Gasteiger partial charge is 0.573 e. The topological polar surface area (TPSA) is 175 Å². The first kappa shape index (κ1) is 27.8. The van der Waals surface area contributed by atoms with E-state index in [0.29, 0.717) is 24.0 Å². The molecule has 37 heavy (non-hydrogen) atoms. The number of nitrogens with zero attached hydrogens (tertiary/aromatic N) is 3. The number of hydrogen-bond acceptors (Lipinski definition) is 9. The molecule has 1 heterocycles. The molecule has 2 aromatic rings. The van der Waals surface area contributed by atoms with Crippen molar-refractivity contribution in [1.82, 2.24) is 14.9 Å². The van der Waals surface area contributed by atoms with E-state index in [2.05, 4.69) is 25.3 Å². The summed E-state index contributed by atoms with van der Waals surface area (Å²) in [7, 11) is 0. The van der Waals surface area contributed by atoms with Crippen LogP contribution < -0.4 is 32.6 Å². The molecular formula is C23H31F3N8O3. The zero-order chi connectivity index (χ0) is 27.0. The lowest BCUT2D eigenvalue weighted by atomic mass is 9.85.